The summed E-state index contributed by atoms with van der Waals surface area (Å²) < 4.78 is 50.5. The summed E-state index contributed by atoms with van der Waals surface area (Å²) in [5, 5.41) is 0. The van der Waals surface area contributed by atoms with E-state index >= 15 is 0 Å². The number of nitrogens with one attached hydrogen (secondary N) is 1. The Labute approximate surface area is 111 Å². The molecule has 0 aliphatic heterocycles. The normalized spacial score (nSPS) is 12.5. The number of nitrogens with zero attached hydrogens (tertiary/aromatic N) is 1. The van der Waals surface area contributed by atoms with E-state index in [1.165, 1.54) is 31.4 Å². The Morgan fingerprint density at radius 1 is 0.947 bits per heavy atom. The number of benzene rings is 1. The minimum absolute atomic E-state index is 0.0963. The first-order valence-corrected chi connectivity index (χ1v) is 8.22. The van der Waals surface area contributed by atoms with Gasteiger partial charge < -0.3 is 0 Å². The second-order valence-electron chi connectivity index (χ2n) is 3.70. The maximum absolute atomic E-state index is 12.2. The fourth-order valence-corrected chi connectivity index (χ4v) is 3.51. The zero-order chi connectivity index (χ0) is 14.1. The van der Waals surface area contributed by atoms with Crippen molar-refractivity contribution in [1.29, 1.82) is 0 Å². The highest BCUT2D eigenvalue weighted by Crippen LogP contribution is 2.16. The molecule has 6 nitrogen and oxygen atoms in total. The lowest BCUT2D eigenvalue weighted by molar-refractivity contribution is 0.586. The third kappa shape index (κ3) is 2.55. The molecular weight excluding hydrogens is 288 g/mol. The Morgan fingerprint density at radius 2 is 1.58 bits per heavy atom. The maximum atomic E-state index is 12.2. The van der Waals surface area contributed by atoms with Crippen LogP contribution in [-0.4, -0.2) is 27.9 Å². The van der Waals surface area contributed by atoms with Crippen LogP contribution in [0.5, 0.6) is 0 Å². The Morgan fingerprint density at radius 3 is 2.16 bits per heavy atom. The van der Waals surface area contributed by atoms with E-state index in [1.807, 2.05) is 0 Å². The molecule has 0 bridgehead atoms. The van der Waals surface area contributed by atoms with Crippen LogP contribution in [0.2, 0.25) is 0 Å². The van der Waals surface area contributed by atoms with Crippen LogP contribution in [0.25, 0.3) is 0 Å². The number of rotatable bonds is 4. The summed E-state index contributed by atoms with van der Waals surface area (Å²) in [5.74, 6) is 0. The molecule has 19 heavy (non-hydrogen) atoms. The lowest BCUT2D eigenvalue weighted by Gasteiger charge is -2.04. The van der Waals surface area contributed by atoms with Crippen molar-refractivity contribution in [3.8, 4) is 0 Å². The van der Waals surface area contributed by atoms with Gasteiger partial charge in [-0.15, -0.1) is 0 Å². The summed E-state index contributed by atoms with van der Waals surface area (Å²) in [6.07, 6.45) is 2.26. The van der Waals surface area contributed by atoms with Gasteiger partial charge in [-0.25, -0.2) is 25.5 Å². The Balaban J connectivity index is 2.50. The van der Waals surface area contributed by atoms with Crippen LogP contribution in [0.4, 0.5) is 0 Å². The summed E-state index contributed by atoms with van der Waals surface area (Å²) in [6, 6.07) is 9.02. The topological polar surface area (TPSA) is 85.2 Å². The smallest absolute Gasteiger partial charge is 0.248 e. The minimum Gasteiger partial charge on any atom is -0.248 e. The standard InChI is InChI=1S/C11H12N2O4S2/c1-12-18(14,15)11-7-8-13(9-11)19(16,17)10-5-3-2-4-6-10/h2-9,12H,1H3. The second-order valence-corrected chi connectivity index (χ2v) is 7.43. The van der Waals surface area contributed by atoms with Gasteiger partial charge in [0.25, 0.3) is 10.0 Å². The van der Waals surface area contributed by atoms with Crippen molar-refractivity contribution in [1.82, 2.24) is 8.69 Å². The predicted molar refractivity (Wildman–Crippen MR) is 69.7 cm³/mol. The van der Waals surface area contributed by atoms with E-state index in [1.54, 1.807) is 18.2 Å². The van der Waals surface area contributed by atoms with Crippen LogP contribution in [0.15, 0.2) is 58.6 Å². The van der Waals surface area contributed by atoms with E-state index in [0.717, 1.165) is 10.2 Å². The summed E-state index contributed by atoms with van der Waals surface area (Å²) in [4.78, 5) is -0.00601. The third-order valence-corrected chi connectivity index (χ3v) is 5.59. The Bertz CT molecular complexity index is 777. The van der Waals surface area contributed by atoms with Crippen molar-refractivity contribution in [2.45, 2.75) is 9.79 Å². The van der Waals surface area contributed by atoms with Crippen molar-refractivity contribution in [3.05, 3.63) is 48.8 Å². The van der Waals surface area contributed by atoms with Gasteiger partial charge in [0.2, 0.25) is 10.0 Å². The number of hydrogen-bond acceptors (Lipinski definition) is 4. The summed E-state index contributed by atoms with van der Waals surface area (Å²) >= 11 is 0. The lowest BCUT2D eigenvalue weighted by Crippen LogP contribution is -2.18. The molecule has 0 atom stereocenters. The minimum atomic E-state index is -3.76. The van der Waals surface area contributed by atoms with Gasteiger partial charge in [0.15, 0.2) is 0 Å². The van der Waals surface area contributed by atoms with Gasteiger partial charge in [0.05, 0.1) is 4.90 Å². The van der Waals surface area contributed by atoms with Gasteiger partial charge in [-0.05, 0) is 25.2 Å². The zero-order valence-corrected chi connectivity index (χ0v) is 11.6. The first kappa shape index (κ1) is 13.8. The monoisotopic (exact) mass is 300 g/mol. The van der Waals surface area contributed by atoms with Crippen molar-refractivity contribution >= 4 is 20.0 Å². The van der Waals surface area contributed by atoms with E-state index in [2.05, 4.69) is 4.72 Å². The molecule has 2 rings (SSSR count). The predicted octanol–water partition coefficient (Wildman–Crippen LogP) is 0.633. The van der Waals surface area contributed by atoms with Crippen LogP contribution in [0.3, 0.4) is 0 Å². The highest BCUT2D eigenvalue weighted by molar-refractivity contribution is 7.90. The molecule has 102 valence electrons. The molecule has 1 aromatic heterocycles. The third-order valence-electron chi connectivity index (χ3n) is 2.54. The quantitative estimate of drug-likeness (QED) is 0.897. The number of aromatic nitrogens is 1. The molecule has 0 spiro atoms. The lowest BCUT2D eigenvalue weighted by atomic mass is 10.4. The van der Waals surface area contributed by atoms with E-state index < -0.39 is 20.0 Å². The SMILES string of the molecule is CNS(=O)(=O)c1ccn(S(=O)(=O)c2ccccc2)c1. The highest BCUT2D eigenvalue weighted by atomic mass is 32.2. The first-order chi connectivity index (χ1) is 8.88. The van der Waals surface area contributed by atoms with Crippen LogP contribution in [0.1, 0.15) is 0 Å². The highest BCUT2D eigenvalue weighted by Gasteiger charge is 2.20. The average Bonchev–Trinajstić information content (AvgIpc) is 2.91. The molecule has 2 aromatic rings. The molecule has 0 fully saturated rings. The van der Waals surface area contributed by atoms with Crippen LogP contribution >= 0.6 is 0 Å². The van der Waals surface area contributed by atoms with E-state index in [-0.39, 0.29) is 9.79 Å². The Kier molecular flexibility index (Phi) is 3.48. The zero-order valence-electron chi connectivity index (χ0n) is 10.0. The fraction of sp³-hybridized carbons (Fsp3) is 0.0909. The van der Waals surface area contributed by atoms with E-state index in [4.69, 9.17) is 0 Å². The molecule has 0 saturated heterocycles. The molecule has 0 aliphatic carbocycles. The molecule has 0 amide bonds. The van der Waals surface area contributed by atoms with Crippen LogP contribution < -0.4 is 4.72 Å². The summed E-state index contributed by atoms with van der Waals surface area (Å²) in [7, 11) is -6.16. The average molecular weight is 300 g/mol. The molecule has 8 heteroatoms. The van der Waals surface area contributed by atoms with Crippen molar-refractivity contribution in [3.63, 3.8) is 0 Å². The van der Waals surface area contributed by atoms with Crippen molar-refractivity contribution < 1.29 is 16.8 Å². The van der Waals surface area contributed by atoms with E-state index in [0.29, 0.717) is 0 Å². The molecule has 1 N–H and O–H groups in total. The van der Waals surface area contributed by atoms with Gasteiger partial charge in [0.1, 0.15) is 4.90 Å². The first-order valence-electron chi connectivity index (χ1n) is 5.30. The fourth-order valence-electron chi connectivity index (χ4n) is 1.50. The number of sulfonamides is 1. The van der Waals surface area contributed by atoms with Gasteiger partial charge in [0, 0.05) is 12.4 Å². The number of hydrogen-bond donors (Lipinski definition) is 1. The van der Waals surface area contributed by atoms with Gasteiger partial charge in [-0.1, -0.05) is 18.2 Å². The van der Waals surface area contributed by atoms with E-state index in [9.17, 15) is 16.8 Å². The largest absolute Gasteiger partial charge is 0.267 e. The molecular formula is C11H12N2O4S2. The van der Waals surface area contributed by atoms with Crippen molar-refractivity contribution in [2.75, 3.05) is 7.05 Å². The maximum Gasteiger partial charge on any atom is 0.267 e. The van der Waals surface area contributed by atoms with Gasteiger partial charge in [-0.3, -0.25) is 0 Å². The van der Waals surface area contributed by atoms with Crippen LogP contribution in [-0.2, 0) is 20.0 Å². The molecule has 1 heterocycles. The summed E-state index contributed by atoms with van der Waals surface area (Å²) in [5.41, 5.74) is 0. The second kappa shape index (κ2) is 4.80. The molecule has 1 aromatic carbocycles. The van der Waals surface area contributed by atoms with Crippen LogP contribution in [0, 0.1) is 0 Å². The molecule has 0 unspecified atom stereocenters. The van der Waals surface area contributed by atoms with Crippen molar-refractivity contribution in [2.24, 2.45) is 0 Å². The van der Waals surface area contributed by atoms with Gasteiger partial charge >= 0.3 is 0 Å². The van der Waals surface area contributed by atoms with Gasteiger partial charge in [-0.2, -0.15) is 0 Å². The Hall–Kier alpha value is -1.64. The molecule has 0 saturated carbocycles. The summed E-state index contributed by atoms with van der Waals surface area (Å²) in [6.45, 7) is 0. The molecule has 0 aliphatic rings. The molecule has 0 radical (unpaired) electrons.